The van der Waals surface area contributed by atoms with E-state index in [1.54, 1.807) is 0 Å². The van der Waals surface area contributed by atoms with Crippen molar-refractivity contribution in [3.8, 4) is 5.88 Å². The van der Waals surface area contributed by atoms with E-state index in [9.17, 15) is 0 Å². The van der Waals surface area contributed by atoms with Crippen LogP contribution in [0.2, 0.25) is 0 Å². The summed E-state index contributed by atoms with van der Waals surface area (Å²) < 4.78 is 7.33. The Morgan fingerprint density at radius 2 is 2.12 bits per heavy atom. The second-order valence-electron chi connectivity index (χ2n) is 3.98. The number of pyridine rings is 1. The van der Waals surface area contributed by atoms with Gasteiger partial charge in [0.1, 0.15) is 0 Å². The lowest BCUT2D eigenvalue weighted by Gasteiger charge is -2.06. The molecule has 0 atom stereocenters. The predicted octanol–water partition coefficient (Wildman–Crippen LogP) is 2.34. The summed E-state index contributed by atoms with van der Waals surface area (Å²) >= 11 is 0. The zero-order valence-corrected chi connectivity index (χ0v) is 10.5. The van der Waals surface area contributed by atoms with Gasteiger partial charge in [0, 0.05) is 11.8 Å². The highest BCUT2D eigenvalue weighted by atomic mass is 16.5. The average Bonchev–Trinajstić information content (AvgIpc) is 2.58. The summed E-state index contributed by atoms with van der Waals surface area (Å²) in [5, 5.41) is 4.42. The normalized spacial score (nSPS) is 10.5. The lowest BCUT2D eigenvalue weighted by atomic mass is 10.3. The highest BCUT2D eigenvalue weighted by Gasteiger charge is 2.04. The first kappa shape index (κ1) is 11.6. The maximum Gasteiger partial charge on any atom is 0.213 e. The van der Waals surface area contributed by atoms with Gasteiger partial charge < -0.3 is 4.74 Å². The maximum atomic E-state index is 5.38. The molecule has 0 aliphatic carbocycles. The summed E-state index contributed by atoms with van der Waals surface area (Å²) in [5.41, 5.74) is 3.14. The molecule has 0 radical (unpaired) electrons. The van der Waals surface area contributed by atoms with E-state index in [1.807, 2.05) is 43.7 Å². The molecule has 0 aliphatic heterocycles. The Balaban J connectivity index is 2.18. The fraction of sp³-hybridized carbons (Fsp3) is 0.385. The van der Waals surface area contributed by atoms with Crippen LogP contribution in [0.4, 0.5) is 0 Å². The summed E-state index contributed by atoms with van der Waals surface area (Å²) in [6.45, 7) is 7.31. The Labute approximate surface area is 101 Å². The number of ether oxygens (including phenoxy) is 1. The summed E-state index contributed by atoms with van der Waals surface area (Å²) in [5.74, 6) is 0.673. The summed E-state index contributed by atoms with van der Waals surface area (Å²) in [7, 11) is 0. The van der Waals surface area contributed by atoms with Crippen LogP contribution in [0.5, 0.6) is 5.88 Å². The summed E-state index contributed by atoms with van der Waals surface area (Å²) in [4.78, 5) is 4.43. The number of hydrogen-bond donors (Lipinski definition) is 0. The molecule has 0 saturated heterocycles. The highest BCUT2D eigenvalue weighted by Crippen LogP contribution is 2.10. The smallest absolute Gasteiger partial charge is 0.213 e. The monoisotopic (exact) mass is 231 g/mol. The molecule has 17 heavy (non-hydrogen) atoms. The number of rotatable bonds is 4. The van der Waals surface area contributed by atoms with Crippen molar-refractivity contribution in [3.63, 3.8) is 0 Å². The molecule has 0 aliphatic rings. The van der Waals surface area contributed by atoms with E-state index in [0.29, 0.717) is 19.0 Å². The molecule has 2 rings (SSSR count). The molecule has 2 heterocycles. The number of aryl methyl sites for hydroxylation is 2. The molecule has 0 saturated carbocycles. The number of nitrogens with zero attached hydrogens (tertiary/aromatic N) is 3. The average molecular weight is 231 g/mol. The van der Waals surface area contributed by atoms with E-state index in [2.05, 4.69) is 16.1 Å². The van der Waals surface area contributed by atoms with Crippen LogP contribution in [-0.2, 0) is 6.54 Å². The van der Waals surface area contributed by atoms with Crippen molar-refractivity contribution in [2.75, 3.05) is 6.61 Å². The first-order chi connectivity index (χ1) is 8.19. The maximum absolute atomic E-state index is 5.38. The van der Waals surface area contributed by atoms with Gasteiger partial charge in [-0.1, -0.05) is 6.07 Å². The Kier molecular flexibility index (Phi) is 3.42. The number of aromatic nitrogens is 3. The van der Waals surface area contributed by atoms with E-state index in [-0.39, 0.29) is 0 Å². The van der Waals surface area contributed by atoms with Crippen LogP contribution in [0.3, 0.4) is 0 Å². The fourth-order valence-corrected chi connectivity index (χ4v) is 1.76. The van der Waals surface area contributed by atoms with Gasteiger partial charge in [-0.15, -0.1) is 0 Å². The van der Waals surface area contributed by atoms with Crippen molar-refractivity contribution in [1.82, 2.24) is 14.8 Å². The quantitative estimate of drug-likeness (QED) is 0.810. The van der Waals surface area contributed by atoms with Gasteiger partial charge in [0.25, 0.3) is 0 Å². The molecule has 0 spiro atoms. The van der Waals surface area contributed by atoms with E-state index >= 15 is 0 Å². The fourth-order valence-electron chi connectivity index (χ4n) is 1.76. The molecule has 0 unspecified atom stereocenters. The van der Waals surface area contributed by atoms with Gasteiger partial charge in [-0.25, -0.2) is 4.98 Å². The Hall–Kier alpha value is -1.84. The summed E-state index contributed by atoms with van der Waals surface area (Å²) in [6, 6.07) is 7.87. The van der Waals surface area contributed by atoms with Crippen LogP contribution < -0.4 is 4.74 Å². The SMILES string of the molecule is CCOc1cccc(Cn2nc(C)cc2C)n1. The summed E-state index contributed by atoms with van der Waals surface area (Å²) in [6.07, 6.45) is 0. The van der Waals surface area contributed by atoms with E-state index < -0.39 is 0 Å². The predicted molar refractivity (Wildman–Crippen MR) is 66.2 cm³/mol. The van der Waals surface area contributed by atoms with Gasteiger partial charge in [-0.2, -0.15) is 5.10 Å². The van der Waals surface area contributed by atoms with E-state index in [4.69, 9.17) is 4.74 Å². The molecule has 0 bridgehead atoms. The van der Waals surface area contributed by atoms with Crippen LogP contribution in [0, 0.1) is 13.8 Å². The van der Waals surface area contributed by atoms with Crippen molar-refractivity contribution in [1.29, 1.82) is 0 Å². The van der Waals surface area contributed by atoms with Crippen LogP contribution in [0.25, 0.3) is 0 Å². The molecule has 0 fully saturated rings. The van der Waals surface area contributed by atoms with Gasteiger partial charge in [0.15, 0.2) is 0 Å². The molecule has 2 aromatic rings. The third-order valence-corrected chi connectivity index (χ3v) is 2.49. The second kappa shape index (κ2) is 4.99. The molecule has 0 N–H and O–H groups in total. The van der Waals surface area contributed by atoms with Crippen LogP contribution in [0.1, 0.15) is 24.0 Å². The van der Waals surface area contributed by atoms with Crippen molar-refractivity contribution < 1.29 is 4.74 Å². The molecular formula is C13H17N3O. The van der Waals surface area contributed by atoms with Crippen molar-refractivity contribution in [3.05, 3.63) is 41.3 Å². The Morgan fingerprint density at radius 1 is 1.29 bits per heavy atom. The molecule has 4 nitrogen and oxygen atoms in total. The second-order valence-corrected chi connectivity index (χ2v) is 3.98. The molecule has 0 amide bonds. The topological polar surface area (TPSA) is 39.9 Å². The van der Waals surface area contributed by atoms with Gasteiger partial charge in [0.05, 0.1) is 24.5 Å². The van der Waals surface area contributed by atoms with E-state index in [1.165, 1.54) is 0 Å². The zero-order chi connectivity index (χ0) is 12.3. The van der Waals surface area contributed by atoms with Crippen LogP contribution in [0.15, 0.2) is 24.3 Å². The minimum Gasteiger partial charge on any atom is -0.478 e. The largest absolute Gasteiger partial charge is 0.478 e. The zero-order valence-electron chi connectivity index (χ0n) is 10.5. The minimum absolute atomic E-state index is 0.635. The van der Waals surface area contributed by atoms with E-state index in [0.717, 1.165) is 17.1 Å². The molecule has 2 aromatic heterocycles. The van der Waals surface area contributed by atoms with Crippen LogP contribution >= 0.6 is 0 Å². The third-order valence-electron chi connectivity index (χ3n) is 2.49. The van der Waals surface area contributed by atoms with Crippen molar-refractivity contribution >= 4 is 0 Å². The van der Waals surface area contributed by atoms with Gasteiger partial charge in [0.2, 0.25) is 5.88 Å². The Bertz CT molecular complexity index is 505. The standard InChI is InChI=1S/C13H17N3O/c1-4-17-13-7-5-6-12(14-13)9-16-11(3)8-10(2)15-16/h5-8H,4,9H2,1-3H3. The van der Waals surface area contributed by atoms with Gasteiger partial charge >= 0.3 is 0 Å². The lowest BCUT2D eigenvalue weighted by Crippen LogP contribution is -2.06. The van der Waals surface area contributed by atoms with Crippen molar-refractivity contribution in [2.24, 2.45) is 0 Å². The third kappa shape index (κ3) is 2.84. The minimum atomic E-state index is 0.635. The van der Waals surface area contributed by atoms with Crippen molar-refractivity contribution in [2.45, 2.75) is 27.3 Å². The first-order valence-electron chi connectivity index (χ1n) is 5.79. The highest BCUT2D eigenvalue weighted by molar-refractivity contribution is 5.17. The van der Waals surface area contributed by atoms with Gasteiger partial charge in [-0.3, -0.25) is 4.68 Å². The van der Waals surface area contributed by atoms with Gasteiger partial charge in [-0.05, 0) is 32.9 Å². The lowest BCUT2D eigenvalue weighted by molar-refractivity contribution is 0.325. The molecule has 90 valence electrons. The molecule has 4 heteroatoms. The molecule has 0 aromatic carbocycles. The van der Waals surface area contributed by atoms with Crippen LogP contribution in [-0.4, -0.2) is 21.4 Å². The molecular weight excluding hydrogens is 214 g/mol. The first-order valence-corrected chi connectivity index (χ1v) is 5.79. The Morgan fingerprint density at radius 3 is 2.76 bits per heavy atom. The number of hydrogen-bond acceptors (Lipinski definition) is 3.